The number of carbonyl (C=O) groups is 2. The first-order chi connectivity index (χ1) is 18.6. The molecule has 0 spiro atoms. The Bertz CT molecular complexity index is 1520. The van der Waals surface area contributed by atoms with Gasteiger partial charge in [-0.25, -0.2) is 8.42 Å². The van der Waals surface area contributed by atoms with Gasteiger partial charge in [0.2, 0.25) is 10.0 Å². The first kappa shape index (κ1) is 28.6. The summed E-state index contributed by atoms with van der Waals surface area (Å²) in [6.45, 7) is 1.76. The maximum Gasteiger partial charge on any atom is 0.323 e. The Morgan fingerprint density at radius 1 is 1.18 bits per heavy atom. The van der Waals surface area contributed by atoms with E-state index in [0.717, 1.165) is 36.6 Å². The second-order valence-electron chi connectivity index (χ2n) is 8.73. The quantitative estimate of drug-likeness (QED) is 0.208. The number of hydrogen-bond acceptors (Lipinski definition) is 8. The van der Waals surface area contributed by atoms with Crippen molar-refractivity contribution in [1.82, 2.24) is 30.5 Å². The highest BCUT2D eigenvalue weighted by Crippen LogP contribution is 2.29. The van der Waals surface area contributed by atoms with Crippen LogP contribution in [0.5, 0.6) is 0 Å². The number of aliphatic imine (C=N–C) groups is 1. The number of nitrogens with one attached hydrogen (secondary N) is 4. The van der Waals surface area contributed by atoms with Crippen LogP contribution in [0.1, 0.15) is 22.5 Å². The molecule has 2 heterocycles. The summed E-state index contributed by atoms with van der Waals surface area (Å²) in [6, 6.07) is 7.60. The average molecular weight is 596 g/mol. The lowest BCUT2D eigenvalue weighted by Crippen LogP contribution is -2.48. The van der Waals surface area contributed by atoms with Gasteiger partial charge in [-0.05, 0) is 31.0 Å². The number of halogens is 2. The molecule has 0 radical (unpaired) electrons. The third-order valence-electron chi connectivity index (χ3n) is 5.99. The molecule has 2 aromatic carbocycles. The molecule has 0 saturated heterocycles. The van der Waals surface area contributed by atoms with Crippen molar-refractivity contribution in [1.29, 1.82) is 0 Å². The highest BCUT2D eigenvalue weighted by atomic mass is 35.5. The summed E-state index contributed by atoms with van der Waals surface area (Å²) < 4.78 is 29.3. The van der Waals surface area contributed by atoms with E-state index in [4.69, 9.17) is 23.2 Å². The number of para-hydroxylation sites is 1. The predicted octanol–water partition coefficient (Wildman–Crippen LogP) is 1.52. The third-order valence-corrected chi connectivity index (χ3v) is 8.42. The summed E-state index contributed by atoms with van der Waals surface area (Å²) in [7, 11) is -2.69. The molecule has 39 heavy (non-hydrogen) atoms. The maximum atomic E-state index is 13.1. The molecule has 1 aromatic heterocycles. The Labute approximate surface area is 234 Å². The number of benzene rings is 2. The molecule has 0 aliphatic carbocycles. The van der Waals surface area contributed by atoms with Crippen LogP contribution in [0.25, 0.3) is 10.9 Å². The lowest BCUT2D eigenvalue weighted by molar-refractivity contribution is -0.138. The fraction of sp³-hybridized carbons (Fsp3) is 0.333. The van der Waals surface area contributed by atoms with E-state index in [-0.39, 0.29) is 15.6 Å². The average Bonchev–Trinajstić information content (AvgIpc) is 3.51. The number of nitrogens with zero attached hydrogens (tertiary/aromatic N) is 3. The van der Waals surface area contributed by atoms with Crippen molar-refractivity contribution < 1.29 is 23.1 Å². The Morgan fingerprint density at radius 2 is 1.90 bits per heavy atom. The molecule has 0 bridgehead atoms. The zero-order valence-electron chi connectivity index (χ0n) is 20.9. The molecule has 4 rings (SSSR count). The van der Waals surface area contributed by atoms with Gasteiger partial charge < -0.3 is 21.1 Å². The van der Waals surface area contributed by atoms with Crippen molar-refractivity contribution in [3.8, 4) is 0 Å². The van der Waals surface area contributed by atoms with Crippen LogP contribution < -0.4 is 20.7 Å². The number of fused-ring (bicyclic) bond motifs is 1. The number of aromatic nitrogens is 2. The summed E-state index contributed by atoms with van der Waals surface area (Å²) >= 11 is 12.0. The van der Waals surface area contributed by atoms with Gasteiger partial charge in [0.05, 0.1) is 33.4 Å². The Kier molecular flexibility index (Phi) is 8.95. The number of guanidine groups is 1. The number of carboxylic acids is 1. The molecule has 1 aliphatic heterocycles. The van der Waals surface area contributed by atoms with Gasteiger partial charge in [0, 0.05) is 32.1 Å². The first-order valence-electron chi connectivity index (χ1n) is 12.0. The van der Waals surface area contributed by atoms with Gasteiger partial charge in [0.25, 0.3) is 5.91 Å². The molecular weight excluding hydrogens is 569 g/mol. The van der Waals surface area contributed by atoms with Gasteiger partial charge in [-0.2, -0.15) is 9.82 Å². The van der Waals surface area contributed by atoms with Gasteiger partial charge in [0.1, 0.15) is 10.9 Å². The second-order valence-corrected chi connectivity index (χ2v) is 11.2. The summed E-state index contributed by atoms with van der Waals surface area (Å²) in [5, 5.41) is 23.6. The minimum atomic E-state index is -4.41. The molecule has 1 atom stereocenters. The fourth-order valence-electron chi connectivity index (χ4n) is 4.21. The fourth-order valence-corrected chi connectivity index (χ4v) is 6.54. The molecular formula is C24H27Cl2N7O5S. The first-order valence-corrected chi connectivity index (χ1v) is 14.3. The zero-order valence-corrected chi connectivity index (χ0v) is 23.2. The van der Waals surface area contributed by atoms with Gasteiger partial charge in [-0.15, -0.1) is 0 Å². The van der Waals surface area contributed by atoms with E-state index < -0.39 is 39.4 Å². The van der Waals surface area contributed by atoms with Crippen LogP contribution in [-0.4, -0.2) is 73.4 Å². The lowest BCUT2D eigenvalue weighted by Gasteiger charge is -2.17. The van der Waals surface area contributed by atoms with Gasteiger partial charge >= 0.3 is 5.97 Å². The van der Waals surface area contributed by atoms with E-state index in [1.165, 1.54) is 18.2 Å². The van der Waals surface area contributed by atoms with Gasteiger partial charge in [-0.3, -0.25) is 19.3 Å². The highest BCUT2D eigenvalue weighted by molar-refractivity contribution is 7.89. The molecule has 12 nitrogen and oxygen atoms in total. The third kappa shape index (κ3) is 6.61. The summed E-state index contributed by atoms with van der Waals surface area (Å²) in [6.07, 6.45) is 1.45. The van der Waals surface area contributed by atoms with E-state index in [9.17, 15) is 23.1 Å². The monoisotopic (exact) mass is 595 g/mol. The van der Waals surface area contributed by atoms with Crippen molar-refractivity contribution >= 4 is 62.0 Å². The standard InChI is InChI=1S/C24H27Cl2N7O5S/c1-33-20-14(18(31-33)9-4-10-27-24-28-11-12-29-24)5-2-6-15(20)22(34)30-13-19(23(35)36)32-39(37,38)21-16(25)7-3-8-17(21)26/h2-3,5-8,19,32H,4,9-13H2,1H3,(H,30,34)(H,35,36)(H2,27,28,29). The Balaban J connectivity index is 1.45. The van der Waals surface area contributed by atoms with Crippen LogP contribution in [-0.2, 0) is 28.3 Å². The molecule has 0 saturated carbocycles. The van der Waals surface area contributed by atoms with Crippen LogP contribution >= 0.6 is 23.2 Å². The number of carboxylic acid groups (broad SMARTS) is 1. The summed E-state index contributed by atoms with van der Waals surface area (Å²) in [5.74, 6) is -1.28. The van der Waals surface area contributed by atoms with E-state index in [0.29, 0.717) is 18.5 Å². The molecule has 15 heteroatoms. The van der Waals surface area contributed by atoms with E-state index in [2.05, 4.69) is 30.8 Å². The molecule has 5 N–H and O–H groups in total. The minimum Gasteiger partial charge on any atom is -0.480 e. The van der Waals surface area contributed by atoms with Crippen LogP contribution in [0.3, 0.4) is 0 Å². The van der Waals surface area contributed by atoms with Crippen molar-refractivity contribution in [3.05, 3.63) is 57.7 Å². The van der Waals surface area contributed by atoms with Crippen molar-refractivity contribution in [2.24, 2.45) is 12.0 Å². The van der Waals surface area contributed by atoms with Crippen molar-refractivity contribution in [2.45, 2.75) is 23.8 Å². The van der Waals surface area contributed by atoms with Crippen molar-refractivity contribution in [3.63, 3.8) is 0 Å². The van der Waals surface area contributed by atoms with E-state index in [1.807, 2.05) is 6.07 Å². The number of aliphatic carboxylic acids is 1. The number of hydrogen-bond donors (Lipinski definition) is 5. The predicted molar refractivity (Wildman–Crippen MR) is 148 cm³/mol. The van der Waals surface area contributed by atoms with Crippen LogP contribution in [0.4, 0.5) is 0 Å². The van der Waals surface area contributed by atoms with Crippen molar-refractivity contribution in [2.75, 3.05) is 26.2 Å². The Hall–Kier alpha value is -3.39. The number of rotatable bonds is 11. The SMILES string of the molecule is Cn1nc(CCCNC2=NCCN2)c2cccc(C(=O)NCC(NS(=O)(=O)c3c(Cl)cccc3Cl)C(=O)O)c21. The van der Waals surface area contributed by atoms with Crippen LogP contribution in [0, 0.1) is 0 Å². The number of sulfonamides is 1. The number of amides is 1. The maximum absolute atomic E-state index is 13.1. The largest absolute Gasteiger partial charge is 0.480 e. The van der Waals surface area contributed by atoms with E-state index >= 15 is 0 Å². The summed E-state index contributed by atoms with van der Waals surface area (Å²) in [4.78, 5) is 28.8. The van der Waals surface area contributed by atoms with Gasteiger partial charge in [-0.1, -0.05) is 41.4 Å². The Morgan fingerprint density at radius 3 is 2.56 bits per heavy atom. The van der Waals surface area contributed by atoms with Gasteiger partial charge in [0.15, 0.2) is 5.96 Å². The number of aryl methyl sites for hydroxylation is 2. The number of carbonyl (C=O) groups excluding carboxylic acids is 1. The lowest BCUT2D eigenvalue weighted by atomic mass is 10.1. The molecule has 0 fully saturated rings. The smallest absolute Gasteiger partial charge is 0.323 e. The molecule has 1 amide bonds. The zero-order chi connectivity index (χ0) is 28.2. The normalized spacial score (nSPS) is 14.1. The van der Waals surface area contributed by atoms with Crippen LogP contribution in [0.2, 0.25) is 10.0 Å². The minimum absolute atomic E-state index is 0.165. The second kappa shape index (κ2) is 12.2. The highest BCUT2D eigenvalue weighted by Gasteiger charge is 2.29. The summed E-state index contributed by atoms with van der Waals surface area (Å²) in [5.41, 5.74) is 1.67. The molecule has 3 aromatic rings. The topological polar surface area (TPSA) is 167 Å². The molecule has 1 unspecified atom stereocenters. The van der Waals surface area contributed by atoms with E-state index in [1.54, 1.807) is 23.9 Å². The molecule has 208 valence electrons. The molecule has 1 aliphatic rings. The van der Waals surface area contributed by atoms with Crippen LogP contribution in [0.15, 0.2) is 46.3 Å².